The highest BCUT2D eigenvalue weighted by Crippen LogP contribution is 2.37. The molecule has 0 aliphatic carbocycles. The van der Waals surface area contributed by atoms with Crippen molar-refractivity contribution in [3.63, 3.8) is 0 Å². The Morgan fingerprint density at radius 1 is 1.15 bits per heavy atom. The Hall–Kier alpha value is -0.860. The summed E-state index contributed by atoms with van der Waals surface area (Å²) in [6.45, 7) is 0.265. The van der Waals surface area contributed by atoms with Crippen molar-refractivity contribution in [1.82, 2.24) is 0 Å². The number of benzene rings is 1. The molecule has 0 aliphatic heterocycles. The summed E-state index contributed by atoms with van der Waals surface area (Å²) in [5, 5.41) is 0. The number of rotatable bonds is 6. The fraction of sp³-hybridized carbons (Fsp3) is 0.0556. The molecule has 0 saturated carbocycles. The molecule has 8 heteroatoms. The number of hydrogen-bond acceptors (Lipinski definition) is 4. The predicted molar refractivity (Wildman–Crippen MR) is 115 cm³/mol. The van der Waals surface area contributed by atoms with Crippen LogP contribution in [0, 0.1) is 0 Å². The smallest absolute Gasteiger partial charge is 0.195 e. The molecule has 0 amide bonds. The fourth-order valence-corrected chi connectivity index (χ4v) is 5.51. The summed E-state index contributed by atoms with van der Waals surface area (Å²) in [6.07, 6.45) is 3.10. The second-order valence-electron chi connectivity index (χ2n) is 5.09. The second-order valence-corrected chi connectivity index (χ2v) is 9.43. The van der Waals surface area contributed by atoms with E-state index in [4.69, 9.17) is 20.8 Å². The first kappa shape index (κ1) is 19.9. The first-order valence-electron chi connectivity index (χ1n) is 7.26. The van der Waals surface area contributed by atoms with E-state index in [9.17, 15) is 4.79 Å². The van der Waals surface area contributed by atoms with E-state index in [-0.39, 0.29) is 12.4 Å². The van der Waals surface area contributed by atoms with Crippen molar-refractivity contribution in [3.8, 4) is 5.75 Å². The summed E-state index contributed by atoms with van der Waals surface area (Å²) < 4.78 is 14.7. The van der Waals surface area contributed by atoms with Gasteiger partial charge in [-0.1, -0.05) is 27.5 Å². The SMILES string of the molecule is O=C(/C=C/c1ccc(COc2c(Br)cc(Br)cc2Br)o1)c1ccc(Cl)s1. The van der Waals surface area contributed by atoms with Gasteiger partial charge in [-0.05, 0) is 80.4 Å². The van der Waals surface area contributed by atoms with Crippen molar-refractivity contribution in [3.05, 3.63) is 76.6 Å². The van der Waals surface area contributed by atoms with E-state index in [0.29, 0.717) is 26.5 Å². The number of carbonyl (C=O) groups excluding carboxylic acids is 1. The maximum absolute atomic E-state index is 12.0. The molecule has 0 radical (unpaired) electrons. The molecule has 1 aromatic carbocycles. The number of allylic oxidation sites excluding steroid dienone is 1. The van der Waals surface area contributed by atoms with Crippen molar-refractivity contribution in [2.24, 2.45) is 0 Å². The van der Waals surface area contributed by atoms with Crippen LogP contribution < -0.4 is 4.74 Å². The molecule has 2 aromatic heterocycles. The van der Waals surface area contributed by atoms with Crippen molar-refractivity contribution >= 4 is 82.6 Å². The number of thiophene rings is 1. The normalized spacial score (nSPS) is 11.2. The topological polar surface area (TPSA) is 39.4 Å². The number of halogens is 4. The quantitative estimate of drug-likeness (QED) is 0.221. The van der Waals surface area contributed by atoms with Gasteiger partial charge in [-0.25, -0.2) is 0 Å². The Morgan fingerprint density at radius 2 is 1.88 bits per heavy atom. The molecular formula is C18H10Br3ClO3S. The van der Waals surface area contributed by atoms with Gasteiger partial charge in [0.1, 0.15) is 23.9 Å². The highest BCUT2D eigenvalue weighted by Gasteiger charge is 2.10. The molecule has 0 N–H and O–H groups in total. The van der Waals surface area contributed by atoms with Crippen molar-refractivity contribution in [2.45, 2.75) is 6.61 Å². The van der Waals surface area contributed by atoms with Crippen LogP contribution >= 0.6 is 70.7 Å². The van der Waals surface area contributed by atoms with Crippen LogP contribution in [-0.4, -0.2) is 5.78 Å². The first-order valence-corrected chi connectivity index (χ1v) is 10.8. The summed E-state index contributed by atoms with van der Waals surface area (Å²) in [5.74, 6) is 1.80. The van der Waals surface area contributed by atoms with Gasteiger partial charge in [-0.3, -0.25) is 4.79 Å². The minimum absolute atomic E-state index is 0.112. The third-order valence-corrected chi connectivity index (χ3v) is 6.10. The molecular weight excluding hydrogens is 571 g/mol. The third kappa shape index (κ3) is 5.10. The number of ketones is 1. The molecule has 0 spiro atoms. The lowest BCUT2D eigenvalue weighted by atomic mass is 10.3. The predicted octanol–water partition coefficient (Wildman–Crippen LogP) is 7.76. The van der Waals surface area contributed by atoms with Crippen LogP contribution in [-0.2, 0) is 6.61 Å². The standard InChI is InChI=1S/C18H10Br3ClO3S/c19-10-7-13(20)18(14(21)8-10)24-9-12-2-1-11(25-12)3-4-15(23)16-5-6-17(22)26-16/h1-8H,9H2/b4-3+. The van der Waals surface area contributed by atoms with Gasteiger partial charge in [0, 0.05) is 4.47 Å². The molecule has 0 atom stereocenters. The van der Waals surface area contributed by atoms with Gasteiger partial charge in [0.15, 0.2) is 5.78 Å². The van der Waals surface area contributed by atoms with Gasteiger partial charge in [0.2, 0.25) is 0 Å². The largest absolute Gasteiger partial charge is 0.483 e. The van der Waals surface area contributed by atoms with Crippen molar-refractivity contribution < 1.29 is 13.9 Å². The molecule has 0 unspecified atom stereocenters. The molecule has 26 heavy (non-hydrogen) atoms. The number of furan rings is 1. The number of ether oxygens (including phenoxy) is 1. The first-order chi connectivity index (χ1) is 12.4. The Balaban J connectivity index is 1.63. The van der Waals surface area contributed by atoms with Gasteiger partial charge >= 0.3 is 0 Å². The number of carbonyl (C=O) groups is 1. The van der Waals surface area contributed by atoms with Crippen LogP contribution in [0.15, 0.2) is 60.3 Å². The Kier molecular flexibility index (Phi) is 6.80. The maximum atomic E-state index is 12.0. The summed E-state index contributed by atoms with van der Waals surface area (Å²) in [6, 6.07) is 10.8. The highest BCUT2D eigenvalue weighted by molar-refractivity contribution is 9.11. The zero-order valence-electron chi connectivity index (χ0n) is 13.0. The fourth-order valence-electron chi connectivity index (χ4n) is 2.06. The van der Waals surface area contributed by atoms with E-state index < -0.39 is 0 Å². The van der Waals surface area contributed by atoms with E-state index in [0.717, 1.165) is 13.4 Å². The summed E-state index contributed by atoms with van der Waals surface area (Å²) in [7, 11) is 0. The van der Waals surface area contributed by atoms with Crippen LogP contribution in [0.25, 0.3) is 6.08 Å². The molecule has 3 nitrogen and oxygen atoms in total. The molecule has 0 bridgehead atoms. The van der Waals surface area contributed by atoms with Gasteiger partial charge < -0.3 is 9.15 Å². The summed E-state index contributed by atoms with van der Waals surface area (Å²) >= 11 is 17.4. The van der Waals surface area contributed by atoms with Crippen molar-refractivity contribution in [2.75, 3.05) is 0 Å². The molecule has 134 valence electrons. The molecule has 0 aliphatic rings. The van der Waals surface area contributed by atoms with Gasteiger partial charge in [0.05, 0.1) is 18.2 Å². The molecule has 0 fully saturated rings. The lowest BCUT2D eigenvalue weighted by molar-refractivity contribution is 0.105. The van der Waals surface area contributed by atoms with Crippen LogP contribution in [0.4, 0.5) is 0 Å². The number of hydrogen-bond donors (Lipinski definition) is 0. The Labute approximate surface area is 184 Å². The third-order valence-electron chi connectivity index (χ3n) is 3.22. The lowest BCUT2D eigenvalue weighted by Crippen LogP contribution is -1.95. The highest BCUT2D eigenvalue weighted by atomic mass is 79.9. The zero-order chi connectivity index (χ0) is 18.7. The van der Waals surface area contributed by atoms with E-state index in [1.54, 1.807) is 24.3 Å². The Morgan fingerprint density at radius 3 is 2.54 bits per heavy atom. The van der Waals surface area contributed by atoms with Gasteiger partial charge in [-0.2, -0.15) is 0 Å². The summed E-state index contributed by atoms with van der Waals surface area (Å²) in [5.41, 5.74) is 0. The van der Waals surface area contributed by atoms with Crippen LogP contribution in [0.5, 0.6) is 5.75 Å². The van der Waals surface area contributed by atoms with Crippen molar-refractivity contribution in [1.29, 1.82) is 0 Å². The molecule has 2 heterocycles. The average molecular weight is 582 g/mol. The summed E-state index contributed by atoms with van der Waals surface area (Å²) in [4.78, 5) is 12.6. The monoisotopic (exact) mass is 578 g/mol. The van der Waals surface area contributed by atoms with E-state index in [1.807, 2.05) is 18.2 Å². The van der Waals surface area contributed by atoms with E-state index >= 15 is 0 Å². The van der Waals surface area contributed by atoms with Crippen LogP contribution in [0.1, 0.15) is 21.2 Å². The Bertz CT molecular complexity index is 955. The van der Waals surface area contributed by atoms with E-state index in [1.165, 1.54) is 17.4 Å². The average Bonchev–Trinajstić information content (AvgIpc) is 3.20. The van der Waals surface area contributed by atoms with Gasteiger partial charge in [0.25, 0.3) is 0 Å². The maximum Gasteiger partial charge on any atom is 0.195 e. The van der Waals surface area contributed by atoms with Crippen LogP contribution in [0.2, 0.25) is 4.34 Å². The van der Waals surface area contributed by atoms with Crippen LogP contribution in [0.3, 0.4) is 0 Å². The zero-order valence-corrected chi connectivity index (χ0v) is 19.3. The molecule has 3 rings (SSSR count). The second kappa shape index (κ2) is 8.89. The minimum Gasteiger partial charge on any atom is -0.483 e. The minimum atomic E-state index is -0.112. The van der Waals surface area contributed by atoms with E-state index in [2.05, 4.69) is 47.8 Å². The lowest BCUT2D eigenvalue weighted by Gasteiger charge is -2.09. The molecule has 3 aromatic rings. The molecule has 0 saturated heterocycles. The van der Waals surface area contributed by atoms with Gasteiger partial charge in [-0.15, -0.1) is 11.3 Å².